The van der Waals surface area contributed by atoms with E-state index in [0.29, 0.717) is 0 Å². The fourth-order valence-corrected chi connectivity index (χ4v) is 1.08. The minimum absolute atomic E-state index is 0.789. The molecule has 0 amide bonds. The molecule has 1 N–H and O–H groups in total. The van der Waals surface area contributed by atoms with Gasteiger partial charge in [0.25, 0.3) is 0 Å². The summed E-state index contributed by atoms with van der Waals surface area (Å²) in [6, 6.07) is 9.92. The Bertz CT molecular complexity index is 211. The maximum Gasteiger partial charge on any atom is 0.119 e. The fraction of sp³-hybridized carbons (Fsp3) is 0.455. The molecule has 0 aliphatic carbocycles. The van der Waals surface area contributed by atoms with Crippen LogP contribution in [-0.2, 0) is 0 Å². The summed E-state index contributed by atoms with van der Waals surface area (Å²) in [4.78, 5) is 0. The minimum atomic E-state index is 0.789. The Balaban J connectivity index is 2.07. The average Bonchev–Trinajstić information content (AvgIpc) is 2.19. The van der Waals surface area contributed by atoms with Gasteiger partial charge in [0.15, 0.2) is 0 Å². The van der Waals surface area contributed by atoms with Crippen molar-refractivity contribution >= 4 is 0 Å². The third-order valence-electron chi connectivity index (χ3n) is 1.76. The zero-order valence-electron chi connectivity index (χ0n) is 8.12. The third kappa shape index (κ3) is 4.53. The number of para-hydroxylation sites is 1. The minimum Gasteiger partial charge on any atom is -0.494 e. The van der Waals surface area contributed by atoms with Crippen molar-refractivity contribution in [2.24, 2.45) is 0 Å². The average molecular weight is 179 g/mol. The van der Waals surface area contributed by atoms with Crippen molar-refractivity contribution in [1.29, 1.82) is 0 Å². The maximum atomic E-state index is 5.51. The first-order valence-electron chi connectivity index (χ1n) is 4.82. The van der Waals surface area contributed by atoms with Crippen molar-refractivity contribution in [3.05, 3.63) is 30.3 Å². The van der Waals surface area contributed by atoms with Gasteiger partial charge in [-0.25, -0.2) is 0 Å². The molecule has 1 aromatic carbocycles. The molecule has 0 saturated carbocycles. The normalized spacial score (nSPS) is 9.92. The first-order valence-corrected chi connectivity index (χ1v) is 4.82. The highest BCUT2D eigenvalue weighted by atomic mass is 16.5. The van der Waals surface area contributed by atoms with Crippen molar-refractivity contribution < 1.29 is 4.74 Å². The van der Waals surface area contributed by atoms with Gasteiger partial charge in [-0.2, -0.15) is 0 Å². The molecule has 0 atom stereocenters. The van der Waals surface area contributed by atoms with Crippen molar-refractivity contribution in [3.63, 3.8) is 0 Å². The highest BCUT2D eigenvalue weighted by Crippen LogP contribution is 2.07. The molecule has 2 nitrogen and oxygen atoms in total. The van der Waals surface area contributed by atoms with Crippen LogP contribution in [0.25, 0.3) is 0 Å². The number of hydrogen-bond donors (Lipinski definition) is 1. The highest BCUT2D eigenvalue weighted by molar-refractivity contribution is 5.20. The molecule has 0 bridgehead atoms. The van der Waals surface area contributed by atoms with Crippen LogP contribution in [0.15, 0.2) is 30.3 Å². The van der Waals surface area contributed by atoms with E-state index in [1.165, 1.54) is 0 Å². The van der Waals surface area contributed by atoms with Crippen LogP contribution in [0.4, 0.5) is 0 Å². The van der Waals surface area contributed by atoms with Gasteiger partial charge in [0.05, 0.1) is 6.61 Å². The van der Waals surface area contributed by atoms with Gasteiger partial charge in [-0.1, -0.05) is 25.1 Å². The van der Waals surface area contributed by atoms with E-state index in [4.69, 9.17) is 4.74 Å². The van der Waals surface area contributed by atoms with Crippen LogP contribution in [0.2, 0.25) is 0 Å². The lowest BCUT2D eigenvalue weighted by atomic mass is 10.3. The summed E-state index contributed by atoms with van der Waals surface area (Å²) in [5.41, 5.74) is 0. The first-order chi connectivity index (χ1) is 6.43. The lowest BCUT2D eigenvalue weighted by Crippen LogP contribution is -2.16. The van der Waals surface area contributed by atoms with E-state index in [2.05, 4.69) is 12.2 Å². The molecule has 0 heterocycles. The number of hydrogen-bond acceptors (Lipinski definition) is 2. The summed E-state index contributed by atoms with van der Waals surface area (Å²) in [5, 5.41) is 3.25. The van der Waals surface area contributed by atoms with Crippen molar-refractivity contribution in [2.75, 3.05) is 19.7 Å². The summed E-state index contributed by atoms with van der Waals surface area (Å²) < 4.78 is 5.51. The van der Waals surface area contributed by atoms with Gasteiger partial charge in [-0.05, 0) is 31.6 Å². The van der Waals surface area contributed by atoms with Crippen molar-refractivity contribution in [2.45, 2.75) is 13.3 Å². The molecule has 1 aromatic rings. The van der Waals surface area contributed by atoms with E-state index in [1.54, 1.807) is 0 Å². The molecule has 0 aliphatic heterocycles. The van der Waals surface area contributed by atoms with E-state index in [9.17, 15) is 0 Å². The number of ether oxygens (including phenoxy) is 1. The van der Waals surface area contributed by atoms with Gasteiger partial charge in [0, 0.05) is 0 Å². The predicted molar refractivity (Wildman–Crippen MR) is 55.1 cm³/mol. The molecule has 0 fully saturated rings. The number of nitrogens with one attached hydrogen (secondary N) is 1. The third-order valence-corrected chi connectivity index (χ3v) is 1.76. The largest absolute Gasteiger partial charge is 0.494 e. The van der Waals surface area contributed by atoms with Gasteiger partial charge < -0.3 is 10.1 Å². The van der Waals surface area contributed by atoms with E-state index in [0.717, 1.165) is 31.9 Å². The second-order valence-electron chi connectivity index (χ2n) is 2.87. The smallest absolute Gasteiger partial charge is 0.119 e. The second-order valence-corrected chi connectivity index (χ2v) is 2.87. The standard InChI is InChI=1S/C11H17NO/c1-2-12-9-6-10-13-11-7-4-3-5-8-11/h3-5,7-8,12H,2,6,9-10H2,1H3. The van der Waals surface area contributed by atoms with E-state index < -0.39 is 0 Å². The molecule has 72 valence electrons. The molecule has 0 aliphatic rings. The van der Waals surface area contributed by atoms with E-state index in [-0.39, 0.29) is 0 Å². The van der Waals surface area contributed by atoms with Gasteiger partial charge in [-0.15, -0.1) is 0 Å². The Morgan fingerprint density at radius 3 is 2.69 bits per heavy atom. The Morgan fingerprint density at radius 2 is 2.00 bits per heavy atom. The lowest BCUT2D eigenvalue weighted by Gasteiger charge is -2.05. The zero-order chi connectivity index (χ0) is 9.36. The molecule has 0 aromatic heterocycles. The number of rotatable bonds is 6. The fourth-order valence-electron chi connectivity index (χ4n) is 1.08. The molecule has 0 saturated heterocycles. The molecular formula is C11H17NO. The van der Waals surface area contributed by atoms with Crippen molar-refractivity contribution in [3.8, 4) is 5.75 Å². The van der Waals surface area contributed by atoms with Crippen molar-refractivity contribution in [1.82, 2.24) is 5.32 Å². The topological polar surface area (TPSA) is 21.3 Å². The molecular weight excluding hydrogens is 162 g/mol. The summed E-state index contributed by atoms with van der Waals surface area (Å²) in [6.07, 6.45) is 1.06. The van der Waals surface area contributed by atoms with Crippen LogP contribution >= 0.6 is 0 Å². The van der Waals surface area contributed by atoms with E-state index in [1.807, 2.05) is 30.3 Å². The maximum absolute atomic E-state index is 5.51. The molecule has 1 rings (SSSR count). The molecule has 0 unspecified atom stereocenters. The molecule has 0 spiro atoms. The zero-order valence-corrected chi connectivity index (χ0v) is 8.12. The van der Waals surface area contributed by atoms with Crippen LogP contribution in [0.1, 0.15) is 13.3 Å². The lowest BCUT2D eigenvalue weighted by molar-refractivity contribution is 0.309. The summed E-state index contributed by atoms with van der Waals surface area (Å²) in [7, 11) is 0. The Hall–Kier alpha value is -1.02. The Morgan fingerprint density at radius 1 is 1.23 bits per heavy atom. The molecule has 2 heteroatoms. The summed E-state index contributed by atoms with van der Waals surface area (Å²) in [6.45, 7) is 4.96. The SMILES string of the molecule is CCNCCCOc1ccccc1. The van der Waals surface area contributed by atoms with Crippen LogP contribution in [0.5, 0.6) is 5.75 Å². The second kappa shape index (κ2) is 6.49. The molecule has 13 heavy (non-hydrogen) atoms. The Kier molecular flexibility index (Phi) is 5.02. The van der Waals surface area contributed by atoms with Crippen LogP contribution in [0.3, 0.4) is 0 Å². The van der Waals surface area contributed by atoms with E-state index >= 15 is 0 Å². The predicted octanol–water partition coefficient (Wildman–Crippen LogP) is 2.06. The summed E-state index contributed by atoms with van der Waals surface area (Å²) in [5.74, 6) is 0.957. The van der Waals surface area contributed by atoms with Crippen LogP contribution < -0.4 is 10.1 Å². The Labute approximate surface area is 79.9 Å². The van der Waals surface area contributed by atoms with Gasteiger partial charge in [0.2, 0.25) is 0 Å². The van der Waals surface area contributed by atoms with Gasteiger partial charge >= 0.3 is 0 Å². The monoisotopic (exact) mass is 179 g/mol. The quantitative estimate of drug-likeness (QED) is 0.675. The summed E-state index contributed by atoms with van der Waals surface area (Å²) >= 11 is 0. The van der Waals surface area contributed by atoms with Gasteiger partial charge in [-0.3, -0.25) is 0 Å². The number of benzene rings is 1. The van der Waals surface area contributed by atoms with Gasteiger partial charge in [0.1, 0.15) is 5.75 Å². The highest BCUT2D eigenvalue weighted by Gasteiger charge is 1.90. The van der Waals surface area contributed by atoms with Crippen LogP contribution in [0, 0.1) is 0 Å². The molecule has 0 radical (unpaired) electrons. The first kappa shape index (κ1) is 10.1. The van der Waals surface area contributed by atoms with Crippen LogP contribution in [-0.4, -0.2) is 19.7 Å².